The van der Waals surface area contributed by atoms with E-state index in [4.69, 9.17) is 9.47 Å². The molecular formula is C18H23N3O4. The van der Waals surface area contributed by atoms with Gasteiger partial charge in [-0.05, 0) is 19.1 Å². The van der Waals surface area contributed by atoms with E-state index < -0.39 is 0 Å². The molecule has 3 heterocycles. The normalized spacial score (nSPS) is 26.0. The van der Waals surface area contributed by atoms with Crippen molar-refractivity contribution in [3.05, 3.63) is 18.2 Å². The maximum atomic E-state index is 12.8. The van der Waals surface area contributed by atoms with Gasteiger partial charge in [0.25, 0.3) is 0 Å². The van der Waals surface area contributed by atoms with Gasteiger partial charge >= 0.3 is 0 Å². The fourth-order valence-corrected chi connectivity index (χ4v) is 3.73. The van der Waals surface area contributed by atoms with Crippen LogP contribution in [0.1, 0.15) is 13.3 Å². The van der Waals surface area contributed by atoms with Crippen molar-refractivity contribution in [1.82, 2.24) is 10.2 Å². The van der Waals surface area contributed by atoms with Crippen molar-refractivity contribution >= 4 is 17.5 Å². The largest absolute Gasteiger partial charge is 0.486 e. The van der Waals surface area contributed by atoms with Gasteiger partial charge in [0, 0.05) is 50.4 Å². The van der Waals surface area contributed by atoms with Crippen LogP contribution in [0.5, 0.6) is 11.5 Å². The number of hydrogen-bond donors (Lipinski definition) is 1. The van der Waals surface area contributed by atoms with Crippen LogP contribution in [0.25, 0.3) is 0 Å². The summed E-state index contributed by atoms with van der Waals surface area (Å²) in [5, 5.41) is 3.29. The first-order valence-electron chi connectivity index (χ1n) is 8.84. The van der Waals surface area contributed by atoms with Crippen molar-refractivity contribution in [3.63, 3.8) is 0 Å². The SMILES string of the molecule is C[C@@H]1CNCCN1C(=O)C1CC(=O)N(c2ccc3c(c2)OCCO3)C1. The molecule has 134 valence electrons. The maximum Gasteiger partial charge on any atom is 0.228 e. The third kappa shape index (κ3) is 3.04. The van der Waals surface area contributed by atoms with Crippen LogP contribution in [-0.4, -0.2) is 62.1 Å². The van der Waals surface area contributed by atoms with Gasteiger partial charge in [0.2, 0.25) is 11.8 Å². The molecule has 0 bridgehead atoms. The molecule has 7 heteroatoms. The zero-order valence-corrected chi connectivity index (χ0v) is 14.4. The van der Waals surface area contributed by atoms with E-state index >= 15 is 0 Å². The molecule has 0 saturated carbocycles. The summed E-state index contributed by atoms with van der Waals surface area (Å²) < 4.78 is 11.1. The number of fused-ring (bicyclic) bond motifs is 1. The molecule has 0 radical (unpaired) electrons. The highest BCUT2D eigenvalue weighted by atomic mass is 16.6. The Balaban J connectivity index is 1.49. The van der Waals surface area contributed by atoms with E-state index in [1.54, 1.807) is 4.90 Å². The summed E-state index contributed by atoms with van der Waals surface area (Å²) in [7, 11) is 0. The summed E-state index contributed by atoms with van der Waals surface area (Å²) in [6.07, 6.45) is 0.268. The van der Waals surface area contributed by atoms with Crippen molar-refractivity contribution in [2.45, 2.75) is 19.4 Å². The number of hydrogen-bond acceptors (Lipinski definition) is 5. The minimum absolute atomic E-state index is 0.0159. The summed E-state index contributed by atoms with van der Waals surface area (Å²) in [4.78, 5) is 28.9. The van der Waals surface area contributed by atoms with E-state index in [9.17, 15) is 9.59 Å². The smallest absolute Gasteiger partial charge is 0.228 e. The molecule has 1 aromatic carbocycles. The standard InChI is InChI=1S/C18H23N3O4/c1-12-10-19-4-5-20(12)18(23)13-8-17(22)21(11-13)14-2-3-15-16(9-14)25-7-6-24-15/h2-3,9,12-13,19H,4-8,10-11H2,1H3/t12-,13?/m1/s1. The first-order chi connectivity index (χ1) is 12.1. The van der Waals surface area contributed by atoms with Crippen LogP contribution in [0, 0.1) is 5.92 Å². The first kappa shape index (κ1) is 16.2. The number of ether oxygens (including phenoxy) is 2. The molecule has 3 aliphatic heterocycles. The lowest BCUT2D eigenvalue weighted by Gasteiger charge is -2.35. The van der Waals surface area contributed by atoms with Crippen molar-refractivity contribution in [2.75, 3.05) is 44.3 Å². The lowest BCUT2D eigenvalue weighted by molar-refractivity contribution is -0.138. The van der Waals surface area contributed by atoms with Crippen molar-refractivity contribution in [1.29, 1.82) is 0 Å². The molecule has 1 N–H and O–H groups in total. The molecule has 2 fully saturated rings. The number of nitrogens with one attached hydrogen (secondary N) is 1. The van der Waals surface area contributed by atoms with Crippen LogP contribution in [0.15, 0.2) is 18.2 Å². The van der Waals surface area contributed by atoms with E-state index in [1.165, 1.54) is 0 Å². The molecule has 4 rings (SSSR count). The van der Waals surface area contributed by atoms with E-state index in [0.29, 0.717) is 37.8 Å². The molecule has 0 spiro atoms. The van der Waals surface area contributed by atoms with Gasteiger partial charge in [-0.25, -0.2) is 0 Å². The molecule has 1 aromatic rings. The van der Waals surface area contributed by atoms with Gasteiger partial charge in [-0.3, -0.25) is 9.59 Å². The van der Waals surface area contributed by atoms with Crippen LogP contribution in [0.4, 0.5) is 5.69 Å². The van der Waals surface area contributed by atoms with Crippen molar-refractivity contribution < 1.29 is 19.1 Å². The fourth-order valence-electron chi connectivity index (χ4n) is 3.73. The molecule has 2 saturated heterocycles. The molecule has 7 nitrogen and oxygen atoms in total. The predicted molar refractivity (Wildman–Crippen MR) is 91.9 cm³/mol. The van der Waals surface area contributed by atoms with Gasteiger partial charge in [-0.15, -0.1) is 0 Å². The number of nitrogens with zero attached hydrogens (tertiary/aromatic N) is 2. The third-order valence-electron chi connectivity index (χ3n) is 5.10. The minimum Gasteiger partial charge on any atom is -0.486 e. The molecule has 0 aliphatic carbocycles. The average molecular weight is 345 g/mol. The zero-order chi connectivity index (χ0) is 17.4. The number of anilines is 1. The van der Waals surface area contributed by atoms with Gasteiger partial charge in [0.15, 0.2) is 11.5 Å². The molecular weight excluding hydrogens is 322 g/mol. The predicted octanol–water partition coefficient (Wildman–Crippen LogP) is 0.631. The number of amides is 2. The van der Waals surface area contributed by atoms with Crippen LogP contribution in [0.2, 0.25) is 0 Å². The highest BCUT2D eigenvalue weighted by Crippen LogP contribution is 2.36. The van der Waals surface area contributed by atoms with Gasteiger partial charge in [0.05, 0.1) is 5.92 Å². The Kier molecular flexibility index (Phi) is 4.25. The van der Waals surface area contributed by atoms with Crippen LogP contribution >= 0.6 is 0 Å². The number of carbonyl (C=O) groups is 2. The third-order valence-corrected chi connectivity index (χ3v) is 5.10. The number of carbonyl (C=O) groups excluding carboxylic acids is 2. The lowest BCUT2D eigenvalue weighted by Crippen LogP contribution is -2.54. The van der Waals surface area contributed by atoms with Crippen LogP contribution < -0.4 is 19.7 Å². The summed E-state index contributed by atoms with van der Waals surface area (Å²) in [6, 6.07) is 5.67. The van der Waals surface area contributed by atoms with E-state index in [-0.39, 0.29) is 30.2 Å². The Hall–Kier alpha value is -2.28. The molecule has 2 amide bonds. The Labute approximate surface area is 146 Å². The highest BCUT2D eigenvalue weighted by Gasteiger charge is 2.39. The second-order valence-corrected chi connectivity index (χ2v) is 6.82. The molecule has 2 atom stereocenters. The van der Waals surface area contributed by atoms with Crippen LogP contribution in [-0.2, 0) is 9.59 Å². The van der Waals surface area contributed by atoms with E-state index in [1.807, 2.05) is 30.0 Å². The van der Waals surface area contributed by atoms with Crippen molar-refractivity contribution in [3.8, 4) is 11.5 Å². The number of piperazine rings is 1. The first-order valence-corrected chi connectivity index (χ1v) is 8.84. The molecule has 0 aromatic heterocycles. The Bertz CT molecular complexity index is 693. The average Bonchev–Trinajstić information content (AvgIpc) is 3.03. The number of benzene rings is 1. The fraction of sp³-hybridized carbons (Fsp3) is 0.556. The van der Waals surface area contributed by atoms with Gasteiger partial charge in [-0.2, -0.15) is 0 Å². The van der Waals surface area contributed by atoms with Crippen LogP contribution in [0.3, 0.4) is 0 Å². The monoisotopic (exact) mass is 345 g/mol. The Morgan fingerprint density at radius 1 is 1.24 bits per heavy atom. The Morgan fingerprint density at radius 3 is 2.84 bits per heavy atom. The van der Waals surface area contributed by atoms with Gasteiger partial charge < -0.3 is 24.6 Å². The summed E-state index contributed by atoms with van der Waals surface area (Å²) in [5.41, 5.74) is 0.762. The minimum atomic E-state index is -0.277. The highest BCUT2D eigenvalue weighted by molar-refractivity contribution is 6.00. The Morgan fingerprint density at radius 2 is 2.04 bits per heavy atom. The molecule has 3 aliphatic rings. The number of rotatable bonds is 2. The quantitative estimate of drug-likeness (QED) is 0.851. The second kappa shape index (κ2) is 6.55. The lowest BCUT2D eigenvalue weighted by atomic mass is 10.1. The summed E-state index contributed by atoms with van der Waals surface area (Å²) in [5.74, 6) is 1.15. The maximum absolute atomic E-state index is 12.8. The van der Waals surface area contributed by atoms with Crippen molar-refractivity contribution in [2.24, 2.45) is 5.92 Å². The topological polar surface area (TPSA) is 71.1 Å². The van der Waals surface area contributed by atoms with Gasteiger partial charge in [0.1, 0.15) is 13.2 Å². The summed E-state index contributed by atoms with van der Waals surface area (Å²) in [6.45, 7) is 5.82. The molecule has 1 unspecified atom stereocenters. The van der Waals surface area contributed by atoms with Gasteiger partial charge in [-0.1, -0.05) is 0 Å². The molecule has 25 heavy (non-hydrogen) atoms. The zero-order valence-electron chi connectivity index (χ0n) is 14.4. The second-order valence-electron chi connectivity index (χ2n) is 6.82. The summed E-state index contributed by atoms with van der Waals surface area (Å²) >= 11 is 0. The van der Waals surface area contributed by atoms with E-state index in [2.05, 4.69) is 5.32 Å². The van der Waals surface area contributed by atoms with E-state index in [0.717, 1.165) is 18.8 Å².